The number of amides is 1. The molecule has 7 nitrogen and oxygen atoms in total. The number of thiophene rings is 1. The number of halogens is 2. The first-order valence-electron chi connectivity index (χ1n) is 11.8. The second kappa shape index (κ2) is 9.75. The maximum absolute atomic E-state index is 15.3. The lowest BCUT2D eigenvalue weighted by Gasteiger charge is -2.20. The van der Waals surface area contributed by atoms with Crippen LogP contribution in [0.3, 0.4) is 0 Å². The summed E-state index contributed by atoms with van der Waals surface area (Å²) in [6.07, 6.45) is -0.117. The van der Waals surface area contributed by atoms with Gasteiger partial charge in [-0.1, -0.05) is 0 Å². The summed E-state index contributed by atoms with van der Waals surface area (Å²) in [7, 11) is 1.58. The summed E-state index contributed by atoms with van der Waals surface area (Å²) < 4.78 is 36.8. The van der Waals surface area contributed by atoms with Crippen molar-refractivity contribution in [2.24, 2.45) is 7.05 Å². The summed E-state index contributed by atoms with van der Waals surface area (Å²) in [6, 6.07) is 5.79. The minimum absolute atomic E-state index is 0.214. The molecule has 196 valence electrons. The van der Waals surface area contributed by atoms with Crippen molar-refractivity contribution in [3.05, 3.63) is 68.3 Å². The summed E-state index contributed by atoms with van der Waals surface area (Å²) in [5.41, 5.74) is 0.0948. The van der Waals surface area contributed by atoms with E-state index in [4.69, 9.17) is 4.74 Å². The van der Waals surface area contributed by atoms with Crippen molar-refractivity contribution in [3.63, 3.8) is 0 Å². The zero-order valence-electron chi connectivity index (χ0n) is 21.5. The van der Waals surface area contributed by atoms with Gasteiger partial charge >= 0.3 is 0 Å². The number of aliphatic hydroxyl groups is 1. The summed E-state index contributed by atoms with van der Waals surface area (Å²) in [5, 5.41) is 13.5. The molecule has 1 amide bonds. The highest BCUT2D eigenvalue weighted by atomic mass is 32.1. The molecule has 0 radical (unpaired) electrons. The molecule has 0 spiro atoms. The molecule has 1 aromatic carbocycles. The van der Waals surface area contributed by atoms with Crippen molar-refractivity contribution in [1.82, 2.24) is 14.9 Å². The van der Waals surface area contributed by atoms with Gasteiger partial charge in [0.1, 0.15) is 28.5 Å². The van der Waals surface area contributed by atoms with Crippen LogP contribution < -0.4 is 15.6 Å². The van der Waals surface area contributed by atoms with Gasteiger partial charge in [0.05, 0.1) is 10.5 Å². The third-order valence-electron chi connectivity index (χ3n) is 6.02. The number of rotatable bonds is 7. The molecule has 0 bridgehead atoms. The molecule has 3 heterocycles. The van der Waals surface area contributed by atoms with Gasteiger partial charge in [0.25, 0.3) is 11.5 Å². The van der Waals surface area contributed by atoms with E-state index in [0.29, 0.717) is 39.2 Å². The Hall–Kier alpha value is -3.50. The average molecular weight is 530 g/mol. The van der Waals surface area contributed by atoms with Gasteiger partial charge in [0.2, 0.25) is 0 Å². The Morgan fingerprint density at radius 2 is 1.89 bits per heavy atom. The zero-order chi connectivity index (χ0) is 27.2. The van der Waals surface area contributed by atoms with E-state index in [1.807, 2.05) is 0 Å². The second-order valence-electron chi connectivity index (χ2n) is 9.62. The van der Waals surface area contributed by atoms with Crippen molar-refractivity contribution in [2.45, 2.75) is 46.4 Å². The number of carbonyl (C=O) groups excluding carboxylic acids is 1. The number of pyridine rings is 1. The Morgan fingerprint density at radius 1 is 1.24 bits per heavy atom. The van der Waals surface area contributed by atoms with Crippen molar-refractivity contribution < 1.29 is 23.4 Å². The molecule has 0 fully saturated rings. The minimum Gasteiger partial charge on any atom is -0.455 e. The van der Waals surface area contributed by atoms with Crippen LogP contribution in [0, 0.1) is 19.7 Å². The molecule has 1 atom stereocenters. The number of benzene rings is 1. The fraction of sp³-hybridized carbons (Fsp3) is 0.333. The predicted octanol–water partition coefficient (Wildman–Crippen LogP) is 5.67. The highest BCUT2D eigenvalue weighted by Gasteiger charge is 2.32. The largest absolute Gasteiger partial charge is 0.455 e. The quantitative estimate of drug-likeness (QED) is 0.287. The Bertz CT molecular complexity index is 1540. The van der Waals surface area contributed by atoms with E-state index in [1.54, 1.807) is 40.1 Å². The SMILES string of the molecule is CCNC(=O)c1cc2c(-c3sc(C(F)C(C)(C)O)cc3Oc3c(C)cc(F)cc3C)cn(C)c(=O)c2[nH]1. The first-order valence-corrected chi connectivity index (χ1v) is 12.6. The van der Waals surface area contributed by atoms with E-state index in [-0.39, 0.29) is 33.3 Å². The van der Waals surface area contributed by atoms with Crippen LogP contribution in [-0.2, 0) is 7.05 Å². The van der Waals surface area contributed by atoms with Gasteiger partial charge < -0.3 is 24.7 Å². The lowest BCUT2D eigenvalue weighted by Crippen LogP contribution is -2.25. The molecule has 3 N–H and O–H groups in total. The number of ether oxygens (including phenoxy) is 1. The van der Waals surface area contributed by atoms with Crippen LogP contribution in [0.15, 0.2) is 35.3 Å². The second-order valence-corrected chi connectivity index (χ2v) is 10.7. The summed E-state index contributed by atoms with van der Waals surface area (Å²) in [5.74, 6) is -0.0582. The molecule has 0 aliphatic carbocycles. The lowest BCUT2D eigenvalue weighted by atomic mass is 10.0. The number of hydrogen-bond acceptors (Lipinski definition) is 5. The number of nitrogens with one attached hydrogen (secondary N) is 2. The number of fused-ring (bicyclic) bond motifs is 1. The molecule has 4 rings (SSSR count). The molecule has 3 aromatic heterocycles. The number of aryl methyl sites for hydroxylation is 3. The summed E-state index contributed by atoms with van der Waals surface area (Å²) >= 11 is 1.08. The van der Waals surface area contributed by atoms with Gasteiger partial charge in [-0.25, -0.2) is 8.78 Å². The van der Waals surface area contributed by atoms with Crippen LogP contribution in [0.5, 0.6) is 11.5 Å². The van der Waals surface area contributed by atoms with E-state index < -0.39 is 17.6 Å². The Kier molecular flexibility index (Phi) is 7.00. The van der Waals surface area contributed by atoms with Crippen molar-refractivity contribution in [1.29, 1.82) is 0 Å². The topological polar surface area (TPSA) is 96.3 Å². The lowest BCUT2D eigenvalue weighted by molar-refractivity contribution is -0.00260. The van der Waals surface area contributed by atoms with Crippen molar-refractivity contribution in [2.75, 3.05) is 6.54 Å². The average Bonchev–Trinajstić information content (AvgIpc) is 3.43. The van der Waals surface area contributed by atoms with Crippen LogP contribution in [-0.4, -0.2) is 32.7 Å². The first-order chi connectivity index (χ1) is 17.3. The van der Waals surface area contributed by atoms with Crippen molar-refractivity contribution >= 4 is 28.1 Å². The van der Waals surface area contributed by atoms with Crippen LogP contribution in [0.2, 0.25) is 0 Å². The molecular weight excluding hydrogens is 500 g/mol. The summed E-state index contributed by atoms with van der Waals surface area (Å²) in [6.45, 7) is 8.38. The molecule has 0 saturated heterocycles. The number of hydrogen-bond donors (Lipinski definition) is 3. The molecule has 1 unspecified atom stereocenters. The number of H-pyrrole nitrogens is 1. The third-order valence-corrected chi connectivity index (χ3v) is 7.20. The Balaban J connectivity index is 1.97. The van der Waals surface area contributed by atoms with Gasteiger partial charge in [-0.15, -0.1) is 11.3 Å². The van der Waals surface area contributed by atoms with Gasteiger partial charge in [0, 0.05) is 35.6 Å². The van der Waals surface area contributed by atoms with Crippen LogP contribution in [0.25, 0.3) is 21.3 Å². The smallest absolute Gasteiger partial charge is 0.274 e. The molecule has 0 aliphatic heterocycles. The number of alkyl halides is 1. The molecule has 0 saturated carbocycles. The maximum atomic E-state index is 15.3. The molecule has 0 aliphatic rings. The Labute approximate surface area is 216 Å². The standard InChI is InChI=1S/C27H29F2N3O4S/c1-7-30-25(33)18-10-16-17(12-32(6)26(34)21(16)31-18)23-19(11-20(37-23)24(29)27(4,5)35)36-22-13(2)8-15(28)9-14(22)3/h8-12,24,31,35H,7H2,1-6H3,(H,30,33). The monoisotopic (exact) mass is 529 g/mol. The van der Waals surface area contributed by atoms with E-state index in [9.17, 15) is 19.1 Å². The van der Waals surface area contributed by atoms with Gasteiger partial charge in [-0.05, 0) is 70.0 Å². The fourth-order valence-corrected chi connectivity index (χ4v) is 5.46. The van der Waals surface area contributed by atoms with Gasteiger partial charge in [0.15, 0.2) is 6.17 Å². The van der Waals surface area contributed by atoms with Crippen LogP contribution in [0.1, 0.15) is 53.4 Å². The van der Waals surface area contributed by atoms with Crippen molar-refractivity contribution in [3.8, 4) is 21.9 Å². The van der Waals surface area contributed by atoms with E-state index >= 15 is 4.39 Å². The first kappa shape index (κ1) is 26.6. The molecular formula is C27H29F2N3O4S. The number of aromatic nitrogens is 2. The fourth-order valence-electron chi connectivity index (χ4n) is 4.19. The third kappa shape index (κ3) is 5.03. The molecule has 10 heteroatoms. The number of nitrogens with zero attached hydrogens (tertiary/aromatic N) is 1. The van der Waals surface area contributed by atoms with E-state index in [0.717, 1.165) is 11.3 Å². The van der Waals surface area contributed by atoms with Gasteiger partial charge in [-0.3, -0.25) is 9.59 Å². The number of carbonyl (C=O) groups is 1. The van der Waals surface area contributed by atoms with E-state index in [1.165, 1.54) is 36.6 Å². The minimum atomic E-state index is -1.72. The predicted molar refractivity (Wildman–Crippen MR) is 141 cm³/mol. The highest BCUT2D eigenvalue weighted by molar-refractivity contribution is 7.16. The Morgan fingerprint density at radius 3 is 2.49 bits per heavy atom. The molecule has 4 aromatic rings. The van der Waals surface area contributed by atoms with Gasteiger partial charge in [-0.2, -0.15) is 0 Å². The maximum Gasteiger partial charge on any atom is 0.274 e. The molecule has 37 heavy (non-hydrogen) atoms. The number of aromatic amines is 1. The highest BCUT2D eigenvalue weighted by Crippen LogP contribution is 2.47. The van der Waals surface area contributed by atoms with Crippen LogP contribution >= 0.6 is 11.3 Å². The zero-order valence-corrected chi connectivity index (χ0v) is 22.3. The normalized spacial score (nSPS) is 12.7. The van der Waals surface area contributed by atoms with E-state index in [2.05, 4.69) is 10.3 Å². The van der Waals surface area contributed by atoms with Crippen LogP contribution in [0.4, 0.5) is 8.78 Å². The summed E-state index contributed by atoms with van der Waals surface area (Å²) in [4.78, 5) is 29.0.